The second-order valence-electron chi connectivity index (χ2n) is 4.69. The molecule has 106 valence electrons. The monoisotopic (exact) mass is 292 g/mol. The second-order valence-corrected chi connectivity index (χ2v) is 5.10. The Morgan fingerprint density at radius 3 is 2.65 bits per heavy atom. The predicted octanol–water partition coefficient (Wildman–Crippen LogP) is 2.46. The Kier molecular flexibility index (Phi) is 3.99. The minimum absolute atomic E-state index is 0.217. The van der Waals surface area contributed by atoms with Gasteiger partial charge in [-0.25, -0.2) is 0 Å². The number of aromatic nitrogens is 2. The highest BCUT2D eigenvalue weighted by atomic mass is 35.5. The Balaban J connectivity index is 2.22. The van der Waals surface area contributed by atoms with Gasteiger partial charge in [0, 0.05) is 12.1 Å². The number of nitrogens with zero attached hydrogens (tertiary/aromatic N) is 2. The van der Waals surface area contributed by atoms with Crippen molar-refractivity contribution >= 4 is 23.2 Å². The number of nitrogens with one attached hydrogen (secondary N) is 1. The Labute approximate surface area is 122 Å². The topological polar surface area (TPSA) is 72.9 Å². The number of benzene rings is 1. The van der Waals surface area contributed by atoms with E-state index < -0.39 is 0 Å². The van der Waals surface area contributed by atoms with Gasteiger partial charge in [0.2, 0.25) is 0 Å². The van der Waals surface area contributed by atoms with Crippen LogP contribution in [-0.2, 0) is 7.05 Å². The lowest BCUT2D eigenvalue weighted by Crippen LogP contribution is -2.29. The van der Waals surface area contributed by atoms with E-state index in [1.165, 1.54) is 4.68 Å². The maximum Gasteiger partial charge on any atom is 0.272 e. The van der Waals surface area contributed by atoms with Gasteiger partial charge in [-0.3, -0.25) is 9.48 Å². The molecule has 0 radical (unpaired) electrons. The van der Waals surface area contributed by atoms with Crippen LogP contribution in [0.25, 0.3) is 0 Å². The molecule has 1 heterocycles. The third kappa shape index (κ3) is 2.63. The second kappa shape index (κ2) is 5.54. The average Bonchev–Trinajstić information content (AvgIpc) is 2.63. The lowest BCUT2D eigenvalue weighted by molar-refractivity contribution is 0.0931. The first-order valence-electron chi connectivity index (χ1n) is 6.26. The van der Waals surface area contributed by atoms with Crippen LogP contribution in [-0.4, -0.2) is 15.7 Å². The van der Waals surface area contributed by atoms with Gasteiger partial charge in [-0.15, -0.1) is 0 Å². The quantitative estimate of drug-likeness (QED) is 0.912. The van der Waals surface area contributed by atoms with E-state index in [1.807, 2.05) is 25.1 Å². The van der Waals surface area contributed by atoms with Gasteiger partial charge in [-0.2, -0.15) is 5.10 Å². The molecule has 1 aromatic carbocycles. The Bertz CT molecular complexity index is 651. The van der Waals surface area contributed by atoms with Gasteiger partial charge in [0.1, 0.15) is 5.69 Å². The van der Waals surface area contributed by atoms with E-state index in [-0.39, 0.29) is 11.9 Å². The number of aryl methyl sites for hydroxylation is 2. The van der Waals surface area contributed by atoms with Crippen molar-refractivity contribution in [1.82, 2.24) is 15.1 Å². The number of amides is 1. The van der Waals surface area contributed by atoms with E-state index in [0.29, 0.717) is 22.1 Å². The van der Waals surface area contributed by atoms with Crippen LogP contribution in [0.15, 0.2) is 24.3 Å². The molecule has 0 aliphatic heterocycles. The SMILES string of the molecule is Cc1nn(C)c(C(=O)NC(C)c2ccccc2Cl)c1N. The fourth-order valence-electron chi connectivity index (χ4n) is 2.11. The summed E-state index contributed by atoms with van der Waals surface area (Å²) in [5.74, 6) is -0.266. The van der Waals surface area contributed by atoms with Crippen molar-refractivity contribution in [3.05, 3.63) is 46.2 Å². The van der Waals surface area contributed by atoms with E-state index in [9.17, 15) is 4.79 Å². The summed E-state index contributed by atoms with van der Waals surface area (Å²) in [7, 11) is 1.69. The van der Waals surface area contributed by atoms with Crippen LogP contribution in [0.1, 0.15) is 34.7 Å². The number of nitrogens with two attached hydrogens (primary N) is 1. The van der Waals surface area contributed by atoms with Crippen LogP contribution in [0, 0.1) is 6.92 Å². The highest BCUT2D eigenvalue weighted by Gasteiger charge is 2.20. The Hall–Kier alpha value is -2.01. The van der Waals surface area contributed by atoms with E-state index in [4.69, 9.17) is 17.3 Å². The number of anilines is 1. The predicted molar refractivity (Wildman–Crippen MR) is 79.7 cm³/mol. The van der Waals surface area contributed by atoms with Crippen molar-refractivity contribution in [3.8, 4) is 0 Å². The zero-order valence-electron chi connectivity index (χ0n) is 11.6. The van der Waals surface area contributed by atoms with Crippen LogP contribution >= 0.6 is 11.6 Å². The molecule has 0 saturated carbocycles. The maximum atomic E-state index is 12.3. The number of hydrogen-bond donors (Lipinski definition) is 2. The number of carbonyl (C=O) groups is 1. The summed E-state index contributed by atoms with van der Waals surface area (Å²) < 4.78 is 1.49. The standard InChI is InChI=1S/C14H17ClN4O/c1-8(10-6-4-5-7-11(10)15)17-14(20)13-12(16)9(2)18-19(13)3/h4-8H,16H2,1-3H3,(H,17,20). The van der Waals surface area contributed by atoms with E-state index in [1.54, 1.807) is 20.0 Å². The third-order valence-corrected chi connectivity index (χ3v) is 3.55. The van der Waals surface area contributed by atoms with Crippen LogP contribution in [0.5, 0.6) is 0 Å². The first kappa shape index (κ1) is 14.4. The molecule has 1 atom stereocenters. The highest BCUT2D eigenvalue weighted by Crippen LogP contribution is 2.23. The Morgan fingerprint density at radius 2 is 2.10 bits per heavy atom. The number of carbonyl (C=O) groups excluding carboxylic acids is 1. The van der Waals surface area contributed by atoms with Gasteiger partial charge in [-0.05, 0) is 25.5 Å². The molecule has 6 heteroatoms. The van der Waals surface area contributed by atoms with Crippen molar-refractivity contribution in [2.45, 2.75) is 19.9 Å². The van der Waals surface area contributed by atoms with Crippen molar-refractivity contribution in [2.24, 2.45) is 7.05 Å². The molecule has 0 bridgehead atoms. The first-order chi connectivity index (χ1) is 9.41. The molecule has 0 aliphatic rings. The fourth-order valence-corrected chi connectivity index (χ4v) is 2.41. The molecule has 1 unspecified atom stereocenters. The van der Waals surface area contributed by atoms with Crippen molar-refractivity contribution in [2.75, 3.05) is 5.73 Å². The van der Waals surface area contributed by atoms with Crippen LogP contribution in [0.3, 0.4) is 0 Å². The molecule has 20 heavy (non-hydrogen) atoms. The molecule has 3 N–H and O–H groups in total. The molecule has 1 amide bonds. The molecule has 0 saturated heterocycles. The van der Waals surface area contributed by atoms with E-state index in [2.05, 4.69) is 10.4 Å². The van der Waals surface area contributed by atoms with Crippen LogP contribution in [0.4, 0.5) is 5.69 Å². The molecular formula is C14H17ClN4O. The van der Waals surface area contributed by atoms with E-state index >= 15 is 0 Å². The number of nitrogen functional groups attached to an aromatic ring is 1. The highest BCUT2D eigenvalue weighted by molar-refractivity contribution is 6.31. The van der Waals surface area contributed by atoms with E-state index in [0.717, 1.165) is 5.56 Å². The van der Waals surface area contributed by atoms with Gasteiger partial charge in [0.05, 0.1) is 17.4 Å². The summed E-state index contributed by atoms with van der Waals surface area (Å²) in [6.07, 6.45) is 0. The maximum absolute atomic E-state index is 12.3. The van der Waals surface area contributed by atoms with Crippen molar-refractivity contribution in [1.29, 1.82) is 0 Å². The first-order valence-corrected chi connectivity index (χ1v) is 6.64. The molecule has 0 fully saturated rings. The minimum atomic E-state index is -0.266. The van der Waals surface area contributed by atoms with Crippen molar-refractivity contribution < 1.29 is 4.79 Å². The van der Waals surface area contributed by atoms with Gasteiger partial charge < -0.3 is 11.1 Å². The van der Waals surface area contributed by atoms with Gasteiger partial charge in [-0.1, -0.05) is 29.8 Å². The zero-order chi connectivity index (χ0) is 14.9. The molecule has 0 spiro atoms. The smallest absolute Gasteiger partial charge is 0.272 e. The summed E-state index contributed by atoms with van der Waals surface area (Å²) in [6.45, 7) is 3.64. The number of rotatable bonds is 3. The average molecular weight is 293 g/mol. The molecule has 0 aliphatic carbocycles. The fraction of sp³-hybridized carbons (Fsp3) is 0.286. The molecular weight excluding hydrogens is 276 g/mol. The summed E-state index contributed by atoms with van der Waals surface area (Å²) >= 11 is 6.12. The van der Waals surface area contributed by atoms with Gasteiger partial charge in [0.15, 0.2) is 0 Å². The molecule has 5 nitrogen and oxygen atoms in total. The molecule has 2 rings (SSSR count). The lowest BCUT2D eigenvalue weighted by Gasteiger charge is -2.16. The summed E-state index contributed by atoms with van der Waals surface area (Å²) in [5, 5.41) is 7.64. The largest absolute Gasteiger partial charge is 0.395 e. The van der Waals surface area contributed by atoms with Crippen molar-refractivity contribution in [3.63, 3.8) is 0 Å². The number of halogens is 1. The van der Waals surface area contributed by atoms with Gasteiger partial charge in [0.25, 0.3) is 5.91 Å². The van der Waals surface area contributed by atoms with Crippen LogP contribution < -0.4 is 11.1 Å². The molecule has 1 aromatic heterocycles. The molecule has 2 aromatic rings. The third-order valence-electron chi connectivity index (χ3n) is 3.20. The normalized spacial score (nSPS) is 12.2. The summed E-state index contributed by atoms with van der Waals surface area (Å²) in [5.41, 5.74) is 8.14. The minimum Gasteiger partial charge on any atom is -0.395 e. The summed E-state index contributed by atoms with van der Waals surface area (Å²) in [4.78, 5) is 12.3. The van der Waals surface area contributed by atoms with Crippen LogP contribution in [0.2, 0.25) is 5.02 Å². The lowest BCUT2D eigenvalue weighted by atomic mass is 10.1. The van der Waals surface area contributed by atoms with Gasteiger partial charge >= 0.3 is 0 Å². The zero-order valence-corrected chi connectivity index (χ0v) is 12.4. The number of hydrogen-bond acceptors (Lipinski definition) is 3. The summed E-state index contributed by atoms with van der Waals surface area (Å²) in [6, 6.07) is 7.19. The Morgan fingerprint density at radius 1 is 1.45 bits per heavy atom.